The van der Waals surface area contributed by atoms with Crippen LogP contribution in [0.2, 0.25) is 0 Å². The number of ether oxygens (including phenoxy) is 2. The van der Waals surface area contributed by atoms with E-state index < -0.39 is 0 Å². The van der Waals surface area contributed by atoms with Crippen LogP contribution in [0.1, 0.15) is 24.5 Å². The van der Waals surface area contributed by atoms with Crippen molar-refractivity contribution in [2.75, 3.05) is 27.3 Å². The Hall–Kier alpha value is -1.59. The van der Waals surface area contributed by atoms with E-state index in [1.807, 2.05) is 18.2 Å². The average molecular weight is 280 g/mol. The van der Waals surface area contributed by atoms with Crippen LogP contribution in [0.25, 0.3) is 0 Å². The van der Waals surface area contributed by atoms with Gasteiger partial charge in [-0.05, 0) is 24.6 Å². The molecule has 0 saturated heterocycles. The average Bonchev–Trinajstić information content (AvgIpc) is 2.47. The van der Waals surface area contributed by atoms with Gasteiger partial charge in [0.1, 0.15) is 5.75 Å². The summed E-state index contributed by atoms with van der Waals surface area (Å²) in [6.45, 7) is 4.36. The number of carbonyl (C=O) groups is 1. The van der Waals surface area contributed by atoms with E-state index in [1.54, 1.807) is 7.11 Å². The number of hydrogen-bond acceptors (Lipinski definition) is 5. The van der Waals surface area contributed by atoms with Crippen LogP contribution in [0.15, 0.2) is 18.2 Å². The van der Waals surface area contributed by atoms with Gasteiger partial charge >= 0.3 is 5.97 Å². The molecular formula is C15H24N2O3. The predicted octanol–water partition coefficient (Wildman–Crippen LogP) is 1.54. The van der Waals surface area contributed by atoms with E-state index in [9.17, 15) is 4.79 Å². The molecule has 0 fully saturated rings. The van der Waals surface area contributed by atoms with Crippen LogP contribution < -0.4 is 10.5 Å². The topological polar surface area (TPSA) is 64.8 Å². The molecule has 0 heterocycles. The zero-order valence-corrected chi connectivity index (χ0v) is 12.5. The van der Waals surface area contributed by atoms with E-state index in [4.69, 9.17) is 15.2 Å². The van der Waals surface area contributed by atoms with Gasteiger partial charge in [-0.1, -0.05) is 19.1 Å². The van der Waals surface area contributed by atoms with Gasteiger partial charge in [-0.15, -0.1) is 0 Å². The van der Waals surface area contributed by atoms with E-state index in [-0.39, 0.29) is 5.97 Å². The van der Waals surface area contributed by atoms with Crippen molar-refractivity contribution in [2.45, 2.75) is 26.4 Å². The van der Waals surface area contributed by atoms with Gasteiger partial charge in [0.2, 0.25) is 0 Å². The SMILES string of the molecule is CCCN(CC(=O)OC)Cc1ccc(CN)c(OC)c1. The Morgan fingerprint density at radius 2 is 2.10 bits per heavy atom. The maximum Gasteiger partial charge on any atom is 0.319 e. The number of hydrogen-bond donors (Lipinski definition) is 1. The zero-order chi connectivity index (χ0) is 15.0. The molecule has 20 heavy (non-hydrogen) atoms. The van der Waals surface area contributed by atoms with E-state index in [0.29, 0.717) is 19.6 Å². The minimum Gasteiger partial charge on any atom is -0.496 e. The Labute approximate surface area is 120 Å². The molecule has 2 N–H and O–H groups in total. The molecule has 5 nitrogen and oxygen atoms in total. The lowest BCUT2D eigenvalue weighted by Crippen LogP contribution is -2.30. The van der Waals surface area contributed by atoms with Gasteiger partial charge in [0, 0.05) is 18.7 Å². The number of esters is 1. The molecule has 0 spiro atoms. The fourth-order valence-corrected chi connectivity index (χ4v) is 2.09. The molecule has 1 aromatic carbocycles. The standard InChI is InChI=1S/C15H24N2O3/c1-4-7-17(11-15(18)20-3)10-12-5-6-13(9-16)14(8-12)19-2/h5-6,8H,4,7,9-11,16H2,1-3H3. The highest BCUT2D eigenvalue weighted by Crippen LogP contribution is 2.20. The monoisotopic (exact) mass is 280 g/mol. The lowest BCUT2D eigenvalue weighted by Gasteiger charge is -2.21. The summed E-state index contributed by atoms with van der Waals surface area (Å²) < 4.78 is 10.1. The number of benzene rings is 1. The summed E-state index contributed by atoms with van der Waals surface area (Å²) in [4.78, 5) is 13.5. The maximum absolute atomic E-state index is 11.4. The third-order valence-electron chi connectivity index (χ3n) is 3.10. The van der Waals surface area contributed by atoms with Crippen LogP contribution in [0.4, 0.5) is 0 Å². The van der Waals surface area contributed by atoms with Gasteiger partial charge in [0.05, 0.1) is 20.8 Å². The van der Waals surface area contributed by atoms with Gasteiger partial charge in [-0.3, -0.25) is 9.69 Å². The Bertz CT molecular complexity index is 435. The molecule has 0 saturated carbocycles. The summed E-state index contributed by atoms with van der Waals surface area (Å²) in [5.41, 5.74) is 7.73. The van der Waals surface area contributed by atoms with Crippen molar-refractivity contribution in [3.63, 3.8) is 0 Å². The smallest absolute Gasteiger partial charge is 0.319 e. The molecule has 0 amide bonds. The van der Waals surface area contributed by atoms with Crippen molar-refractivity contribution in [1.29, 1.82) is 0 Å². The predicted molar refractivity (Wildman–Crippen MR) is 78.5 cm³/mol. The lowest BCUT2D eigenvalue weighted by molar-refractivity contribution is -0.142. The lowest BCUT2D eigenvalue weighted by atomic mass is 10.1. The molecule has 0 atom stereocenters. The van der Waals surface area contributed by atoms with E-state index in [0.717, 1.165) is 29.8 Å². The molecular weight excluding hydrogens is 256 g/mol. The van der Waals surface area contributed by atoms with Crippen molar-refractivity contribution in [3.8, 4) is 5.75 Å². The summed E-state index contributed by atoms with van der Waals surface area (Å²) in [5.74, 6) is 0.573. The highest BCUT2D eigenvalue weighted by Gasteiger charge is 2.12. The quantitative estimate of drug-likeness (QED) is 0.732. The van der Waals surface area contributed by atoms with E-state index >= 15 is 0 Å². The van der Waals surface area contributed by atoms with Gasteiger partial charge in [0.25, 0.3) is 0 Å². The van der Waals surface area contributed by atoms with Gasteiger partial charge in [-0.2, -0.15) is 0 Å². The second-order valence-electron chi connectivity index (χ2n) is 4.64. The fourth-order valence-electron chi connectivity index (χ4n) is 2.09. The number of carbonyl (C=O) groups excluding carboxylic acids is 1. The minimum atomic E-state index is -0.219. The molecule has 0 bridgehead atoms. The van der Waals surface area contributed by atoms with E-state index in [1.165, 1.54) is 7.11 Å². The number of methoxy groups -OCH3 is 2. The van der Waals surface area contributed by atoms with Crippen molar-refractivity contribution in [3.05, 3.63) is 29.3 Å². The minimum absolute atomic E-state index is 0.219. The second kappa shape index (κ2) is 8.55. The first-order chi connectivity index (χ1) is 9.64. The Morgan fingerprint density at radius 3 is 2.65 bits per heavy atom. The Morgan fingerprint density at radius 1 is 1.35 bits per heavy atom. The third-order valence-corrected chi connectivity index (χ3v) is 3.10. The first kappa shape index (κ1) is 16.5. The first-order valence-corrected chi connectivity index (χ1v) is 6.79. The van der Waals surface area contributed by atoms with Crippen LogP contribution >= 0.6 is 0 Å². The number of nitrogens with two attached hydrogens (primary N) is 1. The molecule has 0 aliphatic heterocycles. The Kier molecular flexibility index (Phi) is 7.04. The largest absolute Gasteiger partial charge is 0.496 e. The van der Waals surface area contributed by atoms with Gasteiger partial charge < -0.3 is 15.2 Å². The summed E-state index contributed by atoms with van der Waals surface area (Å²) >= 11 is 0. The first-order valence-electron chi connectivity index (χ1n) is 6.79. The van der Waals surface area contributed by atoms with Crippen LogP contribution in [0.5, 0.6) is 5.75 Å². The van der Waals surface area contributed by atoms with Crippen LogP contribution in [0, 0.1) is 0 Å². The van der Waals surface area contributed by atoms with Crippen LogP contribution in [0.3, 0.4) is 0 Å². The zero-order valence-electron chi connectivity index (χ0n) is 12.5. The van der Waals surface area contributed by atoms with Crippen LogP contribution in [-0.4, -0.2) is 38.2 Å². The molecule has 0 radical (unpaired) electrons. The van der Waals surface area contributed by atoms with E-state index in [2.05, 4.69) is 11.8 Å². The van der Waals surface area contributed by atoms with Gasteiger partial charge in [0.15, 0.2) is 0 Å². The molecule has 0 aromatic heterocycles. The molecule has 0 aliphatic rings. The normalized spacial score (nSPS) is 10.7. The molecule has 0 aliphatic carbocycles. The van der Waals surface area contributed by atoms with Crippen molar-refractivity contribution >= 4 is 5.97 Å². The molecule has 112 valence electrons. The summed E-state index contributed by atoms with van der Waals surface area (Å²) in [6, 6.07) is 5.96. The molecule has 1 rings (SSSR count). The Balaban J connectivity index is 2.79. The van der Waals surface area contributed by atoms with Crippen molar-refractivity contribution in [1.82, 2.24) is 4.90 Å². The summed E-state index contributed by atoms with van der Waals surface area (Å²) in [6.07, 6.45) is 0.981. The van der Waals surface area contributed by atoms with Crippen molar-refractivity contribution < 1.29 is 14.3 Å². The molecule has 1 aromatic rings. The molecule has 5 heteroatoms. The summed E-state index contributed by atoms with van der Waals surface area (Å²) in [5, 5.41) is 0. The highest BCUT2D eigenvalue weighted by atomic mass is 16.5. The fraction of sp³-hybridized carbons (Fsp3) is 0.533. The maximum atomic E-state index is 11.4. The second-order valence-corrected chi connectivity index (χ2v) is 4.64. The van der Waals surface area contributed by atoms with Gasteiger partial charge in [-0.25, -0.2) is 0 Å². The van der Waals surface area contributed by atoms with Crippen LogP contribution in [-0.2, 0) is 22.6 Å². The van der Waals surface area contributed by atoms with Crippen molar-refractivity contribution in [2.24, 2.45) is 5.73 Å². The number of rotatable bonds is 8. The third kappa shape index (κ3) is 4.83. The number of nitrogens with zero attached hydrogens (tertiary/aromatic N) is 1. The summed E-state index contributed by atoms with van der Waals surface area (Å²) in [7, 11) is 3.04. The highest BCUT2D eigenvalue weighted by molar-refractivity contribution is 5.71. The molecule has 0 unspecified atom stereocenters.